The molecule has 2 aromatic heterocycles. The highest BCUT2D eigenvalue weighted by Crippen LogP contribution is 2.29. The summed E-state index contributed by atoms with van der Waals surface area (Å²) in [5.74, 6) is -0.443. The predicted octanol–water partition coefficient (Wildman–Crippen LogP) is 4.63. The second-order valence-corrected chi connectivity index (χ2v) is 10.0. The average Bonchev–Trinajstić information content (AvgIpc) is 3.25. The smallest absolute Gasteiger partial charge is 0.255 e. The van der Waals surface area contributed by atoms with Crippen molar-refractivity contribution in [3.63, 3.8) is 0 Å². The number of halogens is 1. The second kappa shape index (κ2) is 9.56. The van der Waals surface area contributed by atoms with Gasteiger partial charge in [-0.1, -0.05) is 17.7 Å². The molecule has 33 heavy (non-hydrogen) atoms. The number of benzene rings is 2. The van der Waals surface area contributed by atoms with Crippen LogP contribution in [0.25, 0.3) is 11.3 Å². The molecule has 0 radical (unpaired) electrons. The minimum absolute atomic E-state index is 0.0826. The average molecular weight is 481 g/mol. The number of sulfone groups is 1. The van der Waals surface area contributed by atoms with Crippen LogP contribution >= 0.6 is 11.6 Å². The molecule has 0 spiro atoms. The van der Waals surface area contributed by atoms with Gasteiger partial charge in [-0.3, -0.25) is 14.5 Å². The molecule has 0 saturated carbocycles. The van der Waals surface area contributed by atoms with Gasteiger partial charge in [0.05, 0.1) is 34.1 Å². The topological polar surface area (TPSA) is 94.0 Å². The first-order valence-corrected chi connectivity index (χ1v) is 12.2. The molecule has 0 fully saturated rings. The van der Waals surface area contributed by atoms with Crippen molar-refractivity contribution in [2.24, 2.45) is 0 Å². The lowest BCUT2D eigenvalue weighted by molar-refractivity contribution is 0.102. The zero-order chi connectivity index (χ0) is 23.4. The summed E-state index contributed by atoms with van der Waals surface area (Å²) in [5.41, 5.74) is 3.25. The maximum atomic E-state index is 12.7. The number of pyridine rings is 1. The number of rotatable bonds is 7. The lowest BCUT2D eigenvalue weighted by Crippen LogP contribution is -2.15. The fraction of sp³-hybridized carbons (Fsp3) is 0.125. The fourth-order valence-electron chi connectivity index (χ4n) is 3.26. The Labute approximate surface area is 197 Å². The van der Waals surface area contributed by atoms with Gasteiger partial charge in [-0.05, 0) is 67.1 Å². The first kappa shape index (κ1) is 22.7. The summed E-state index contributed by atoms with van der Waals surface area (Å²) >= 11 is 6.30. The Kier molecular flexibility index (Phi) is 6.57. The van der Waals surface area contributed by atoms with Crippen LogP contribution in [0.1, 0.15) is 15.9 Å². The van der Waals surface area contributed by atoms with E-state index in [1.165, 1.54) is 24.3 Å². The Bertz CT molecular complexity index is 1380. The number of carbonyl (C=O) groups is 1. The van der Waals surface area contributed by atoms with E-state index in [1.807, 2.05) is 25.1 Å². The second-order valence-electron chi connectivity index (χ2n) is 7.49. The van der Waals surface area contributed by atoms with Crippen LogP contribution in [-0.4, -0.2) is 34.8 Å². The molecule has 0 aliphatic carbocycles. The number of aryl methyl sites for hydroxylation is 2. The summed E-state index contributed by atoms with van der Waals surface area (Å²) in [7, 11) is -3.51. The molecular formula is C24H21ClN4O3S. The van der Waals surface area contributed by atoms with Gasteiger partial charge in [0.15, 0.2) is 9.84 Å². The van der Waals surface area contributed by atoms with Crippen molar-refractivity contribution in [2.75, 3.05) is 11.1 Å². The van der Waals surface area contributed by atoms with Crippen LogP contribution in [-0.2, 0) is 16.4 Å². The highest BCUT2D eigenvalue weighted by molar-refractivity contribution is 7.91. The Hall–Kier alpha value is -3.49. The van der Waals surface area contributed by atoms with Gasteiger partial charge in [-0.25, -0.2) is 8.42 Å². The first-order chi connectivity index (χ1) is 15.8. The van der Waals surface area contributed by atoms with E-state index in [1.54, 1.807) is 41.5 Å². The van der Waals surface area contributed by atoms with Gasteiger partial charge in [-0.15, -0.1) is 0 Å². The Morgan fingerprint density at radius 2 is 1.88 bits per heavy atom. The van der Waals surface area contributed by atoms with E-state index in [4.69, 9.17) is 11.6 Å². The molecule has 0 aliphatic heterocycles. The van der Waals surface area contributed by atoms with Crippen molar-refractivity contribution >= 4 is 33.0 Å². The van der Waals surface area contributed by atoms with Crippen LogP contribution in [0.2, 0.25) is 5.02 Å². The molecule has 7 nitrogen and oxygen atoms in total. The molecule has 0 unspecified atom stereocenters. The number of nitrogens with zero attached hydrogens (tertiary/aromatic N) is 3. The van der Waals surface area contributed by atoms with Crippen LogP contribution in [0.3, 0.4) is 0 Å². The van der Waals surface area contributed by atoms with Gasteiger partial charge >= 0.3 is 0 Å². The molecule has 2 aromatic carbocycles. The molecule has 4 rings (SSSR count). The Morgan fingerprint density at radius 1 is 1.09 bits per heavy atom. The third kappa shape index (κ3) is 5.47. The zero-order valence-corrected chi connectivity index (χ0v) is 19.3. The summed E-state index contributed by atoms with van der Waals surface area (Å²) < 4.78 is 26.9. The van der Waals surface area contributed by atoms with Crippen molar-refractivity contribution in [3.8, 4) is 11.3 Å². The third-order valence-electron chi connectivity index (χ3n) is 4.99. The third-order valence-corrected chi connectivity index (χ3v) is 7.03. The summed E-state index contributed by atoms with van der Waals surface area (Å²) in [4.78, 5) is 17.2. The van der Waals surface area contributed by atoms with E-state index in [0.29, 0.717) is 27.5 Å². The van der Waals surface area contributed by atoms with Crippen molar-refractivity contribution < 1.29 is 13.2 Å². The number of amides is 1. The lowest BCUT2D eigenvalue weighted by atomic mass is 10.1. The first-order valence-electron chi connectivity index (χ1n) is 10.2. The highest BCUT2D eigenvalue weighted by atomic mass is 35.5. The number of hydrogen-bond acceptors (Lipinski definition) is 5. The van der Waals surface area contributed by atoms with Crippen LogP contribution in [0.15, 0.2) is 84.1 Å². The standard InChI is InChI=1S/C24H21ClN4O3S/c1-17-15-27-29(16-17)12-13-33(31,32)20-8-5-18(6-9-20)24(30)28-19-7-10-22(25)21(14-19)23-4-2-3-11-26-23/h2-11,14-16H,12-13H2,1H3,(H,28,30). The predicted molar refractivity (Wildman–Crippen MR) is 128 cm³/mol. The van der Waals surface area contributed by atoms with E-state index in [-0.39, 0.29) is 23.1 Å². The molecule has 0 atom stereocenters. The van der Waals surface area contributed by atoms with Gasteiger partial charge in [0.2, 0.25) is 0 Å². The highest BCUT2D eigenvalue weighted by Gasteiger charge is 2.16. The van der Waals surface area contributed by atoms with Crippen LogP contribution < -0.4 is 5.32 Å². The minimum Gasteiger partial charge on any atom is -0.322 e. The van der Waals surface area contributed by atoms with Crippen molar-refractivity contribution in [1.29, 1.82) is 0 Å². The van der Waals surface area contributed by atoms with E-state index in [0.717, 1.165) is 5.56 Å². The minimum atomic E-state index is -3.51. The van der Waals surface area contributed by atoms with Gasteiger partial charge < -0.3 is 5.32 Å². The van der Waals surface area contributed by atoms with Crippen LogP contribution in [0, 0.1) is 6.92 Å². The molecule has 2 heterocycles. The van der Waals surface area contributed by atoms with Crippen molar-refractivity contribution in [1.82, 2.24) is 14.8 Å². The molecule has 0 bridgehead atoms. The summed E-state index contributed by atoms with van der Waals surface area (Å²) in [6.07, 6.45) is 5.14. The maximum absolute atomic E-state index is 12.7. The molecule has 9 heteroatoms. The number of nitrogens with one attached hydrogen (secondary N) is 1. The molecule has 4 aromatic rings. The monoisotopic (exact) mass is 480 g/mol. The number of aromatic nitrogens is 3. The van der Waals surface area contributed by atoms with Gasteiger partial charge in [0.1, 0.15) is 0 Å². The number of anilines is 1. The quantitative estimate of drug-likeness (QED) is 0.416. The van der Waals surface area contributed by atoms with E-state index >= 15 is 0 Å². The fourth-order valence-corrected chi connectivity index (χ4v) is 4.69. The molecule has 0 saturated heterocycles. The number of carbonyl (C=O) groups excluding carboxylic acids is 1. The lowest BCUT2D eigenvalue weighted by Gasteiger charge is -2.10. The largest absolute Gasteiger partial charge is 0.322 e. The summed E-state index contributed by atoms with van der Waals surface area (Å²) in [6, 6.07) is 16.5. The molecular weight excluding hydrogens is 460 g/mol. The molecule has 0 aliphatic rings. The molecule has 1 amide bonds. The SMILES string of the molecule is Cc1cnn(CCS(=O)(=O)c2ccc(C(=O)Nc3ccc(Cl)c(-c4ccccn4)c3)cc2)c1. The van der Waals surface area contributed by atoms with Gasteiger partial charge in [0, 0.05) is 29.2 Å². The Balaban J connectivity index is 1.45. The van der Waals surface area contributed by atoms with Crippen LogP contribution in [0.5, 0.6) is 0 Å². The van der Waals surface area contributed by atoms with Crippen molar-refractivity contribution in [2.45, 2.75) is 18.4 Å². The molecule has 168 valence electrons. The maximum Gasteiger partial charge on any atom is 0.255 e. The van der Waals surface area contributed by atoms with Gasteiger partial charge in [-0.2, -0.15) is 5.10 Å². The van der Waals surface area contributed by atoms with E-state index in [9.17, 15) is 13.2 Å². The van der Waals surface area contributed by atoms with Crippen LogP contribution in [0.4, 0.5) is 5.69 Å². The number of hydrogen-bond donors (Lipinski definition) is 1. The Morgan fingerprint density at radius 3 is 2.55 bits per heavy atom. The normalized spacial score (nSPS) is 11.3. The van der Waals surface area contributed by atoms with Gasteiger partial charge in [0.25, 0.3) is 5.91 Å². The summed E-state index contributed by atoms with van der Waals surface area (Å²) in [5, 5.41) is 7.44. The van der Waals surface area contributed by atoms with Crippen molar-refractivity contribution in [3.05, 3.63) is 95.4 Å². The van der Waals surface area contributed by atoms with E-state index in [2.05, 4.69) is 15.4 Å². The molecule has 1 N–H and O–H groups in total. The summed E-state index contributed by atoms with van der Waals surface area (Å²) in [6.45, 7) is 2.15. The van der Waals surface area contributed by atoms with E-state index < -0.39 is 9.84 Å². The zero-order valence-electron chi connectivity index (χ0n) is 17.8.